The minimum absolute atomic E-state index is 0.115. The Kier molecular flexibility index (Phi) is 4.57. The van der Waals surface area contributed by atoms with Crippen LogP contribution in [-0.2, 0) is 9.53 Å². The molecule has 2 aromatic rings. The Morgan fingerprint density at radius 3 is 2.74 bits per heavy atom. The van der Waals surface area contributed by atoms with E-state index in [4.69, 9.17) is 9.15 Å². The van der Waals surface area contributed by atoms with E-state index in [0.717, 1.165) is 5.56 Å². The number of carbonyl (C=O) groups is 1. The Morgan fingerprint density at radius 2 is 2.05 bits per heavy atom. The van der Waals surface area contributed by atoms with Gasteiger partial charge in [-0.05, 0) is 26.0 Å². The molecule has 1 heterocycles. The minimum atomic E-state index is -0.292. The second-order valence-electron chi connectivity index (χ2n) is 4.07. The van der Waals surface area contributed by atoms with Crippen molar-refractivity contribution in [3.63, 3.8) is 0 Å². The van der Waals surface area contributed by atoms with Crippen molar-refractivity contribution in [2.45, 2.75) is 25.2 Å². The van der Waals surface area contributed by atoms with Crippen LogP contribution in [0.4, 0.5) is 0 Å². The summed E-state index contributed by atoms with van der Waals surface area (Å²) in [7, 11) is 0. The molecule has 0 aliphatic rings. The van der Waals surface area contributed by atoms with Crippen LogP contribution < -0.4 is 0 Å². The Morgan fingerprint density at radius 1 is 1.32 bits per heavy atom. The van der Waals surface area contributed by atoms with Gasteiger partial charge >= 0.3 is 5.97 Å². The van der Waals surface area contributed by atoms with Crippen LogP contribution in [0.2, 0.25) is 0 Å². The molecule has 0 saturated carbocycles. The first-order valence-electron chi connectivity index (χ1n) is 5.86. The molecule has 100 valence electrons. The summed E-state index contributed by atoms with van der Waals surface area (Å²) in [6, 6.07) is 9.47. The quantitative estimate of drug-likeness (QED) is 0.619. The number of rotatable bonds is 5. The highest BCUT2D eigenvalue weighted by molar-refractivity contribution is 7.99. The zero-order chi connectivity index (χ0) is 13.7. The number of hydrogen-bond donors (Lipinski definition) is 0. The molecular weight excluding hydrogens is 264 g/mol. The number of benzene rings is 1. The van der Waals surface area contributed by atoms with Crippen molar-refractivity contribution in [2.75, 3.05) is 5.75 Å². The zero-order valence-corrected chi connectivity index (χ0v) is 11.5. The molecule has 6 heteroatoms. The normalized spacial score (nSPS) is 10.7. The van der Waals surface area contributed by atoms with Gasteiger partial charge in [0.05, 0.1) is 6.10 Å². The van der Waals surface area contributed by atoms with Gasteiger partial charge < -0.3 is 9.15 Å². The summed E-state index contributed by atoms with van der Waals surface area (Å²) in [5.41, 5.74) is 0.853. The first-order chi connectivity index (χ1) is 9.15. The fraction of sp³-hybridized carbons (Fsp3) is 0.308. The lowest BCUT2D eigenvalue weighted by atomic mass is 10.2. The van der Waals surface area contributed by atoms with E-state index in [1.807, 2.05) is 44.2 Å². The molecule has 0 atom stereocenters. The maximum Gasteiger partial charge on any atom is 0.316 e. The van der Waals surface area contributed by atoms with Gasteiger partial charge in [-0.1, -0.05) is 30.0 Å². The van der Waals surface area contributed by atoms with Crippen LogP contribution in [0.1, 0.15) is 13.8 Å². The highest BCUT2D eigenvalue weighted by atomic mass is 32.2. The average molecular weight is 278 g/mol. The molecular formula is C13H14N2O3S. The van der Waals surface area contributed by atoms with Crippen molar-refractivity contribution >= 4 is 17.7 Å². The molecule has 0 saturated heterocycles. The van der Waals surface area contributed by atoms with Gasteiger partial charge in [0.2, 0.25) is 5.89 Å². The molecule has 19 heavy (non-hydrogen) atoms. The van der Waals surface area contributed by atoms with Crippen LogP contribution in [0.5, 0.6) is 0 Å². The summed E-state index contributed by atoms with van der Waals surface area (Å²) in [5.74, 6) is 0.314. The number of thioether (sulfide) groups is 1. The first kappa shape index (κ1) is 13.6. The molecule has 0 aliphatic heterocycles. The van der Waals surface area contributed by atoms with Crippen LogP contribution in [0, 0.1) is 0 Å². The van der Waals surface area contributed by atoms with Crippen molar-refractivity contribution in [3.05, 3.63) is 30.3 Å². The van der Waals surface area contributed by atoms with Crippen molar-refractivity contribution in [1.82, 2.24) is 10.2 Å². The van der Waals surface area contributed by atoms with Gasteiger partial charge in [0, 0.05) is 5.56 Å². The van der Waals surface area contributed by atoms with Crippen molar-refractivity contribution in [3.8, 4) is 11.5 Å². The van der Waals surface area contributed by atoms with E-state index in [-0.39, 0.29) is 17.8 Å². The maximum atomic E-state index is 11.4. The third-order valence-electron chi connectivity index (χ3n) is 2.11. The summed E-state index contributed by atoms with van der Waals surface area (Å²) in [6.07, 6.45) is -0.115. The predicted molar refractivity (Wildman–Crippen MR) is 71.7 cm³/mol. The van der Waals surface area contributed by atoms with Crippen LogP contribution >= 0.6 is 11.8 Å². The highest BCUT2D eigenvalue weighted by Crippen LogP contribution is 2.22. The third kappa shape index (κ3) is 4.10. The Balaban J connectivity index is 1.93. The molecule has 0 N–H and O–H groups in total. The molecule has 2 rings (SSSR count). The zero-order valence-electron chi connectivity index (χ0n) is 10.7. The standard InChI is InChI=1S/C13H14N2O3S/c1-9(2)17-11(16)8-19-13-15-14-12(18-13)10-6-4-3-5-7-10/h3-7,9H,8H2,1-2H3. The second-order valence-corrected chi connectivity index (χ2v) is 4.99. The molecule has 1 aromatic heterocycles. The van der Waals surface area contributed by atoms with E-state index in [9.17, 15) is 4.79 Å². The van der Waals surface area contributed by atoms with E-state index < -0.39 is 0 Å². The van der Waals surface area contributed by atoms with Gasteiger partial charge in [0.1, 0.15) is 5.75 Å². The third-order valence-corrected chi connectivity index (χ3v) is 2.90. The summed E-state index contributed by atoms with van der Waals surface area (Å²) in [6.45, 7) is 3.62. The predicted octanol–water partition coefficient (Wildman–Crippen LogP) is 2.78. The van der Waals surface area contributed by atoms with Gasteiger partial charge in [-0.25, -0.2) is 0 Å². The van der Waals surface area contributed by atoms with Gasteiger partial charge in [-0.15, -0.1) is 10.2 Å². The van der Waals surface area contributed by atoms with E-state index in [1.165, 1.54) is 11.8 Å². The van der Waals surface area contributed by atoms with Crippen molar-refractivity contribution in [1.29, 1.82) is 0 Å². The lowest BCUT2D eigenvalue weighted by molar-refractivity contribution is -0.144. The second kappa shape index (κ2) is 6.38. The SMILES string of the molecule is CC(C)OC(=O)CSc1nnc(-c2ccccc2)o1. The van der Waals surface area contributed by atoms with Crippen LogP contribution in [-0.4, -0.2) is 28.0 Å². The number of ether oxygens (including phenoxy) is 1. The van der Waals surface area contributed by atoms with Crippen LogP contribution in [0.15, 0.2) is 40.0 Å². The monoisotopic (exact) mass is 278 g/mol. The van der Waals surface area contributed by atoms with Gasteiger partial charge in [-0.3, -0.25) is 4.79 Å². The molecule has 1 aromatic carbocycles. The average Bonchev–Trinajstić information content (AvgIpc) is 2.85. The van der Waals surface area contributed by atoms with Crippen LogP contribution in [0.25, 0.3) is 11.5 Å². The Bertz CT molecular complexity index is 540. The van der Waals surface area contributed by atoms with Gasteiger partial charge in [0.25, 0.3) is 5.22 Å². The molecule has 0 bridgehead atoms. The fourth-order valence-corrected chi connectivity index (χ4v) is 1.93. The number of aromatic nitrogens is 2. The fourth-order valence-electron chi connectivity index (χ4n) is 1.38. The van der Waals surface area contributed by atoms with E-state index >= 15 is 0 Å². The highest BCUT2D eigenvalue weighted by Gasteiger charge is 2.12. The van der Waals surface area contributed by atoms with E-state index in [2.05, 4.69) is 10.2 Å². The van der Waals surface area contributed by atoms with Gasteiger partial charge in [-0.2, -0.15) is 0 Å². The molecule has 5 nitrogen and oxygen atoms in total. The largest absolute Gasteiger partial charge is 0.462 e. The smallest absolute Gasteiger partial charge is 0.316 e. The topological polar surface area (TPSA) is 65.2 Å². The first-order valence-corrected chi connectivity index (χ1v) is 6.85. The molecule has 0 radical (unpaired) electrons. The van der Waals surface area contributed by atoms with Gasteiger partial charge in [0.15, 0.2) is 0 Å². The molecule has 0 fully saturated rings. The molecule has 0 unspecified atom stereocenters. The minimum Gasteiger partial charge on any atom is -0.462 e. The Hall–Kier alpha value is -1.82. The summed E-state index contributed by atoms with van der Waals surface area (Å²) < 4.78 is 10.5. The summed E-state index contributed by atoms with van der Waals surface area (Å²) >= 11 is 1.17. The molecule has 0 aliphatic carbocycles. The van der Waals surface area contributed by atoms with Crippen molar-refractivity contribution < 1.29 is 13.9 Å². The van der Waals surface area contributed by atoms with E-state index in [0.29, 0.717) is 11.1 Å². The summed E-state index contributed by atoms with van der Waals surface area (Å²) in [5, 5.41) is 8.18. The van der Waals surface area contributed by atoms with Crippen LogP contribution in [0.3, 0.4) is 0 Å². The Labute approximate surface area is 115 Å². The number of carbonyl (C=O) groups excluding carboxylic acids is 1. The molecule has 0 spiro atoms. The van der Waals surface area contributed by atoms with E-state index in [1.54, 1.807) is 0 Å². The number of esters is 1. The lowest BCUT2D eigenvalue weighted by Gasteiger charge is -2.05. The lowest BCUT2D eigenvalue weighted by Crippen LogP contribution is -2.13. The number of nitrogens with zero attached hydrogens (tertiary/aromatic N) is 2. The maximum absolute atomic E-state index is 11.4. The summed E-state index contributed by atoms with van der Waals surface area (Å²) in [4.78, 5) is 11.4. The molecule has 0 amide bonds. The van der Waals surface area contributed by atoms with Crippen molar-refractivity contribution in [2.24, 2.45) is 0 Å². The number of hydrogen-bond acceptors (Lipinski definition) is 6.